The summed E-state index contributed by atoms with van der Waals surface area (Å²) < 4.78 is 6.19. The second-order valence-electron chi connectivity index (χ2n) is 4.18. The Morgan fingerprint density at radius 2 is 1.89 bits per heavy atom. The number of carbonyl (C=O) groups excluding carboxylic acids is 1. The lowest BCUT2D eigenvalue weighted by Crippen LogP contribution is -2.05. The summed E-state index contributed by atoms with van der Waals surface area (Å²) in [5.41, 5.74) is 7.77. The molecule has 0 aromatic heterocycles. The maximum atomic E-state index is 12.2. The molecular weight excluding hydrogens is 306 g/mol. The molecule has 3 nitrogen and oxygen atoms in total. The van der Waals surface area contributed by atoms with Crippen molar-refractivity contribution in [3.8, 4) is 5.75 Å². The molecule has 0 unspecified atom stereocenters. The summed E-state index contributed by atoms with van der Waals surface area (Å²) in [6.07, 6.45) is 0.298. The Hall–Kier alpha value is -1.81. The number of methoxy groups -OCH3 is 1. The molecular formula is C15H14BrNO2. The van der Waals surface area contributed by atoms with Crippen LogP contribution in [0.15, 0.2) is 46.9 Å². The van der Waals surface area contributed by atoms with Gasteiger partial charge in [0.1, 0.15) is 5.75 Å². The molecule has 0 radical (unpaired) electrons. The smallest absolute Gasteiger partial charge is 0.167 e. The molecule has 2 aromatic carbocycles. The zero-order chi connectivity index (χ0) is 13.8. The summed E-state index contributed by atoms with van der Waals surface area (Å²) in [6.45, 7) is 0. The fraction of sp³-hybridized carbons (Fsp3) is 0.133. The lowest BCUT2D eigenvalue weighted by Gasteiger charge is -2.08. The number of halogens is 1. The van der Waals surface area contributed by atoms with Crippen LogP contribution in [0.2, 0.25) is 0 Å². The highest BCUT2D eigenvalue weighted by molar-refractivity contribution is 9.10. The number of rotatable bonds is 4. The summed E-state index contributed by atoms with van der Waals surface area (Å²) in [5, 5.41) is 0. The summed E-state index contributed by atoms with van der Waals surface area (Å²) in [4.78, 5) is 12.2. The van der Waals surface area contributed by atoms with Gasteiger partial charge in [0.25, 0.3) is 0 Å². The van der Waals surface area contributed by atoms with Crippen LogP contribution < -0.4 is 10.5 Å². The van der Waals surface area contributed by atoms with Gasteiger partial charge in [0, 0.05) is 27.7 Å². The Morgan fingerprint density at radius 1 is 1.21 bits per heavy atom. The molecule has 2 aromatic rings. The van der Waals surface area contributed by atoms with Crippen molar-refractivity contribution in [3.05, 3.63) is 58.1 Å². The topological polar surface area (TPSA) is 52.3 Å². The van der Waals surface area contributed by atoms with Gasteiger partial charge in [-0.1, -0.05) is 15.9 Å². The summed E-state index contributed by atoms with van der Waals surface area (Å²) in [6, 6.07) is 12.6. The Balaban J connectivity index is 2.23. The van der Waals surface area contributed by atoms with Crippen LogP contribution in [0.4, 0.5) is 5.69 Å². The van der Waals surface area contributed by atoms with Crippen molar-refractivity contribution in [3.63, 3.8) is 0 Å². The Kier molecular flexibility index (Phi) is 4.22. The summed E-state index contributed by atoms with van der Waals surface area (Å²) >= 11 is 3.40. The van der Waals surface area contributed by atoms with Crippen LogP contribution in [0.5, 0.6) is 5.75 Å². The van der Waals surface area contributed by atoms with Crippen LogP contribution in [0.25, 0.3) is 0 Å². The number of hydrogen-bond donors (Lipinski definition) is 1. The third-order valence-electron chi connectivity index (χ3n) is 2.83. The van der Waals surface area contributed by atoms with Crippen LogP contribution in [-0.2, 0) is 6.42 Å². The van der Waals surface area contributed by atoms with Crippen molar-refractivity contribution in [2.75, 3.05) is 12.8 Å². The van der Waals surface area contributed by atoms with Gasteiger partial charge in [-0.2, -0.15) is 0 Å². The minimum Gasteiger partial charge on any atom is -0.496 e. The quantitative estimate of drug-likeness (QED) is 0.693. The van der Waals surface area contributed by atoms with E-state index in [0.717, 1.165) is 10.0 Å². The van der Waals surface area contributed by atoms with Gasteiger partial charge in [-0.25, -0.2) is 0 Å². The van der Waals surface area contributed by atoms with E-state index in [4.69, 9.17) is 10.5 Å². The summed E-state index contributed by atoms with van der Waals surface area (Å²) in [7, 11) is 1.60. The molecule has 0 bridgehead atoms. The zero-order valence-electron chi connectivity index (χ0n) is 10.5. The SMILES string of the molecule is COc1ccc(Br)cc1CC(=O)c1ccc(N)cc1. The van der Waals surface area contributed by atoms with Gasteiger partial charge in [-0.3, -0.25) is 4.79 Å². The Morgan fingerprint density at radius 3 is 2.53 bits per heavy atom. The predicted molar refractivity (Wildman–Crippen MR) is 79.6 cm³/mol. The maximum absolute atomic E-state index is 12.2. The van der Waals surface area contributed by atoms with Crippen molar-refractivity contribution < 1.29 is 9.53 Å². The fourth-order valence-electron chi connectivity index (χ4n) is 1.83. The van der Waals surface area contributed by atoms with E-state index in [-0.39, 0.29) is 5.78 Å². The lowest BCUT2D eigenvalue weighted by molar-refractivity contribution is 0.0992. The molecule has 0 atom stereocenters. The second kappa shape index (κ2) is 5.89. The van der Waals surface area contributed by atoms with Crippen LogP contribution in [-0.4, -0.2) is 12.9 Å². The molecule has 0 saturated heterocycles. The first-order valence-electron chi connectivity index (χ1n) is 5.81. The molecule has 98 valence electrons. The first-order valence-corrected chi connectivity index (χ1v) is 6.60. The van der Waals surface area contributed by atoms with E-state index < -0.39 is 0 Å². The number of nitrogen functional groups attached to an aromatic ring is 1. The van der Waals surface area contributed by atoms with Crippen LogP contribution in [0.3, 0.4) is 0 Å². The van der Waals surface area contributed by atoms with E-state index in [2.05, 4.69) is 15.9 Å². The molecule has 0 aliphatic rings. The molecule has 2 N–H and O–H groups in total. The van der Waals surface area contributed by atoms with E-state index in [1.165, 1.54) is 0 Å². The Bertz CT molecular complexity index is 594. The number of Topliss-reactive ketones (excluding diaryl/α,β-unsaturated/α-hetero) is 1. The minimum absolute atomic E-state index is 0.0383. The van der Waals surface area contributed by atoms with Gasteiger partial charge >= 0.3 is 0 Å². The normalized spacial score (nSPS) is 10.2. The van der Waals surface area contributed by atoms with E-state index in [1.54, 1.807) is 31.4 Å². The van der Waals surface area contributed by atoms with Crippen molar-refractivity contribution in [1.29, 1.82) is 0 Å². The zero-order valence-corrected chi connectivity index (χ0v) is 12.1. The van der Waals surface area contributed by atoms with E-state index in [1.807, 2.05) is 18.2 Å². The first kappa shape index (κ1) is 13.6. The van der Waals surface area contributed by atoms with E-state index in [0.29, 0.717) is 23.4 Å². The number of anilines is 1. The predicted octanol–water partition coefficient (Wildman–Crippen LogP) is 3.47. The molecule has 4 heteroatoms. The molecule has 0 heterocycles. The van der Waals surface area contributed by atoms with Gasteiger partial charge in [-0.05, 0) is 42.5 Å². The molecule has 0 aliphatic heterocycles. The third kappa shape index (κ3) is 3.35. The Labute approximate surface area is 120 Å². The first-order chi connectivity index (χ1) is 9.10. The molecule has 0 spiro atoms. The van der Waals surface area contributed by atoms with Crippen molar-refractivity contribution in [1.82, 2.24) is 0 Å². The largest absolute Gasteiger partial charge is 0.496 e. The van der Waals surface area contributed by atoms with Gasteiger partial charge in [-0.15, -0.1) is 0 Å². The lowest BCUT2D eigenvalue weighted by atomic mass is 10.0. The number of carbonyl (C=O) groups is 1. The average Bonchev–Trinajstić information content (AvgIpc) is 2.39. The molecule has 19 heavy (non-hydrogen) atoms. The number of ketones is 1. The van der Waals surface area contributed by atoms with Crippen LogP contribution in [0, 0.1) is 0 Å². The van der Waals surface area contributed by atoms with Crippen LogP contribution >= 0.6 is 15.9 Å². The van der Waals surface area contributed by atoms with Gasteiger partial charge in [0.15, 0.2) is 5.78 Å². The number of ether oxygens (including phenoxy) is 1. The highest BCUT2D eigenvalue weighted by Crippen LogP contribution is 2.24. The van der Waals surface area contributed by atoms with Crippen LogP contribution in [0.1, 0.15) is 15.9 Å². The molecule has 0 amide bonds. The molecule has 0 aliphatic carbocycles. The van der Waals surface area contributed by atoms with E-state index >= 15 is 0 Å². The minimum atomic E-state index is 0.0383. The molecule has 2 rings (SSSR count). The highest BCUT2D eigenvalue weighted by Gasteiger charge is 2.11. The van der Waals surface area contributed by atoms with Crippen molar-refractivity contribution in [2.45, 2.75) is 6.42 Å². The van der Waals surface area contributed by atoms with E-state index in [9.17, 15) is 4.79 Å². The number of hydrogen-bond acceptors (Lipinski definition) is 3. The van der Waals surface area contributed by atoms with Crippen molar-refractivity contribution >= 4 is 27.4 Å². The molecule has 0 saturated carbocycles. The monoisotopic (exact) mass is 319 g/mol. The van der Waals surface area contributed by atoms with Gasteiger partial charge < -0.3 is 10.5 Å². The maximum Gasteiger partial charge on any atom is 0.167 e. The second-order valence-corrected chi connectivity index (χ2v) is 5.09. The van der Waals surface area contributed by atoms with Crippen molar-refractivity contribution in [2.24, 2.45) is 0 Å². The third-order valence-corrected chi connectivity index (χ3v) is 3.32. The average molecular weight is 320 g/mol. The van der Waals surface area contributed by atoms with Gasteiger partial charge in [0.05, 0.1) is 7.11 Å². The molecule has 0 fully saturated rings. The fourth-order valence-corrected chi connectivity index (χ4v) is 2.24. The standard InChI is InChI=1S/C15H14BrNO2/c1-19-15-7-4-12(16)8-11(15)9-14(18)10-2-5-13(17)6-3-10/h2-8H,9,17H2,1H3. The number of nitrogens with two attached hydrogens (primary N) is 1. The summed E-state index contributed by atoms with van der Waals surface area (Å²) in [5.74, 6) is 0.753. The van der Waals surface area contributed by atoms with Gasteiger partial charge in [0.2, 0.25) is 0 Å². The highest BCUT2D eigenvalue weighted by atomic mass is 79.9. The number of benzene rings is 2.